The van der Waals surface area contributed by atoms with E-state index in [9.17, 15) is 13.6 Å². The largest absolute Gasteiger partial charge is 0.464 e. The highest BCUT2D eigenvalue weighted by atomic mass is 19.1. The lowest BCUT2D eigenvalue weighted by Gasteiger charge is -2.05. The molecular formula is C11H13F2NO2. The molecule has 0 atom stereocenters. The Kier molecular flexibility index (Phi) is 4.85. The van der Waals surface area contributed by atoms with Crippen molar-refractivity contribution >= 4 is 5.97 Å². The van der Waals surface area contributed by atoms with E-state index in [0.717, 1.165) is 18.2 Å². The Morgan fingerprint density at radius 2 is 2.19 bits per heavy atom. The van der Waals surface area contributed by atoms with Crippen LogP contribution in [0.15, 0.2) is 18.2 Å². The minimum atomic E-state index is -0.502. The number of hydrogen-bond acceptors (Lipinski definition) is 3. The zero-order valence-electron chi connectivity index (χ0n) is 8.93. The Labute approximate surface area is 92.4 Å². The molecule has 0 aliphatic heterocycles. The van der Waals surface area contributed by atoms with Gasteiger partial charge in [0.05, 0.1) is 13.2 Å². The van der Waals surface area contributed by atoms with Crippen molar-refractivity contribution in [1.29, 1.82) is 0 Å². The van der Waals surface area contributed by atoms with Crippen molar-refractivity contribution in [1.82, 2.24) is 5.32 Å². The molecule has 0 aliphatic rings. The summed E-state index contributed by atoms with van der Waals surface area (Å²) in [5.74, 6) is -1.41. The van der Waals surface area contributed by atoms with Crippen LogP contribution in [-0.4, -0.2) is 26.2 Å². The number of ether oxygens (including phenoxy) is 1. The molecular weight excluding hydrogens is 216 g/mol. The average Bonchev–Trinajstić information content (AvgIpc) is 2.23. The van der Waals surface area contributed by atoms with Crippen LogP contribution in [0.5, 0.6) is 0 Å². The van der Waals surface area contributed by atoms with Gasteiger partial charge in [0.1, 0.15) is 11.6 Å². The Morgan fingerprint density at radius 3 is 2.88 bits per heavy atom. The molecule has 0 spiro atoms. The Bertz CT molecular complexity index is 369. The maximum Gasteiger partial charge on any atom is 0.319 e. The number of likely N-dealkylation sites (N-methyl/N-ethyl adjacent to an activating group) is 1. The van der Waals surface area contributed by atoms with E-state index in [0.29, 0.717) is 0 Å². The van der Waals surface area contributed by atoms with Crippen molar-refractivity contribution in [2.24, 2.45) is 0 Å². The molecule has 0 saturated heterocycles. The van der Waals surface area contributed by atoms with Crippen LogP contribution in [0.4, 0.5) is 8.78 Å². The van der Waals surface area contributed by atoms with Crippen LogP contribution in [0.1, 0.15) is 5.56 Å². The summed E-state index contributed by atoms with van der Waals surface area (Å²) in [4.78, 5) is 10.9. The highest BCUT2D eigenvalue weighted by Crippen LogP contribution is 2.10. The summed E-state index contributed by atoms with van der Waals surface area (Å²) in [6, 6.07) is 3.20. The van der Waals surface area contributed by atoms with Gasteiger partial charge in [-0.1, -0.05) is 0 Å². The van der Waals surface area contributed by atoms with Crippen molar-refractivity contribution in [3.05, 3.63) is 35.4 Å². The first kappa shape index (κ1) is 12.6. The molecule has 1 aromatic rings. The van der Waals surface area contributed by atoms with Crippen LogP contribution in [0.2, 0.25) is 0 Å². The molecule has 0 fully saturated rings. The number of rotatable bonds is 5. The SMILES string of the molecule is CNCC(=O)OCCc1cc(F)ccc1F. The zero-order valence-corrected chi connectivity index (χ0v) is 8.93. The van der Waals surface area contributed by atoms with E-state index in [-0.39, 0.29) is 25.1 Å². The fraction of sp³-hybridized carbons (Fsp3) is 0.364. The van der Waals surface area contributed by atoms with Gasteiger partial charge in [-0.3, -0.25) is 4.79 Å². The van der Waals surface area contributed by atoms with Gasteiger partial charge in [-0.2, -0.15) is 0 Å². The highest BCUT2D eigenvalue weighted by Gasteiger charge is 2.05. The van der Waals surface area contributed by atoms with Crippen LogP contribution in [0.3, 0.4) is 0 Å². The van der Waals surface area contributed by atoms with Gasteiger partial charge in [-0.15, -0.1) is 0 Å². The number of carbonyl (C=O) groups excluding carboxylic acids is 1. The van der Waals surface area contributed by atoms with Gasteiger partial charge in [-0.25, -0.2) is 8.78 Å². The third-order valence-electron chi connectivity index (χ3n) is 1.96. The Hall–Kier alpha value is -1.49. The first-order valence-electron chi connectivity index (χ1n) is 4.87. The second-order valence-electron chi connectivity index (χ2n) is 3.24. The van der Waals surface area contributed by atoms with Gasteiger partial charge in [0, 0.05) is 6.42 Å². The molecule has 5 heteroatoms. The van der Waals surface area contributed by atoms with Gasteiger partial charge in [-0.05, 0) is 30.8 Å². The number of hydrogen-bond donors (Lipinski definition) is 1. The minimum absolute atomic E-state index is 0.0425. The minimum Gasteiger partial charge on any atom is -0.464 e. The second-order valence-corrected chi connectivity index (χ2v) is 3.24. The molecule has 0 aromatic heterocycles. The van der Waals surface area contributed by atoms with Gasteiger partial charge in [0.15, 0.2) is 0 Å². The summed E-state index contributed by atoms with van der Waals surface area (Å²) in [7, 11) is 1.62. The van der Waals surface area contributed by atoms with E-state index in [1.807, 2.05) is 0 Å². The number of benzene rings is 1. The number of esters is 1. The standard InChI is InChI=1S/C11H13F2NO2/c1-14-7-11(15)16-5-4-8-6-9(12)2-3-10(8)13/h2-3,6,14H,4-5,7H2,1H3. The first-order chi connectivity index (χ1) is 7.63. The van der Waals surface area contributed by atoms with Gasteiger partial charge in [0.2, 0.25) is 0 Å². The van der Waals surface area contributed by atoms with Gasteiger partial charge in [0.25, 0.3) is 0 Å². The van der Waals surface area contributed by atoms with Crippen LogP contribution < -0.4 is 5.32 Å². The van der Waals surface area contributed by atoms with Crippen molar-refractivity contribution in [2.45, 2.75) is 6.42 Å². The van der Waals surface area contributed by atoms with Crippen molar-refractivity contribution < 1.29 is 18.3 Å². The summed E-state index contributed by atoms with van der Waals surface area (Å²) in [6.07, 6.45) is 0.166. The summed E-state index contributed by atoms with van der Waals surface area (Å²) >= 11 is 0. The quantitative estimate of drug-likeness (QED) is 0.773. The fourth-order valence-electron chi connectivity index (χ4n) is 1.21. The number of nitrogens with one attached hydrogen (secondary N) is 1. The summed E-state index contributed by atoms with van der Waals surface area (Å²) < 4.78 is 30.7. The van der Waals surface area contributed by atoms with Crippen molar-refractivity contribution in [2.75, 3.05) is 20.2 Å². The van der Waals surface area contributed by atoms with E-state index in [1.165, 1.54) is 0 Å². The molecule has 0 bridgehead atoms. The molecule has 0 radical (unpaired) electrons. The number of carbonyl (C=O) groups is 1. The molecule has 0 aliphatic carbocycles. The molecule has 1 rings (SSSR count). The van der Waals surface area contributed by atoms with Crippen molar-refractivity contribution in [3.63, 3.8) is 0 Å². The first-order valence-corrected chi connectivity index (χ1v) is 4.87. The molecule has 0 unspecified atom stereocenters. The van der Waals surface area contributed by atoms with Crippen LogP contribution in [0, 0.1) is 11.6 Å². The average molecular weight is 229 g/mol. The molecule has 3 nitrogen and oxygen atoms in total. The highest BCUT2D eigenvalue weighted by molar-refractivity contribution is 5.71. The van der Waals surface area contributed by atoms with Crippen LogP contribution >= 0.6 is 0 Å². The van der Waals surface area contributed by atoms with E-state index < -0.39 is 17.6 Å². The third-order valence-corrected chi connectivity index (χ3v) is 1.96. The number of halogens is 2. The maximum atomic E-state index is 13.1. The molecule has 0 heterocycles. The molecule has 88 valence electrons. The molecule has 0 saturated carbocycles. The van der Waals surface area contributed by atoms with E-state index >= 15 is 0 Å². The van der Waals surface area contributed by atoms with E-state index in [1.54, 1.807) is 7.05 Å². The Morgan fingerprint density at radius 1 is 1.44 bits per heavy atom. The van der Waals surface area contributed by atoms with Gasteiger partial charge >= 0.3 is 5.97 Å². The monoisotopic (exact) mass is 229 g/mol. The summed E-state index contributed by atoms with van der Waals surface area (Å²) in [5, 5.41) is 2.63. The second kappa shape index (κ2) is 6.17. The molecule has 16 heavy (non-hydrogen) atoms. The smallest absolute Gasteiger partial charge is 0.319 e. The summed E-state index contributed by atoms with van der Waals surface area (Å²) in [5.41, 5.74) is 0.206. The molecule has 1 aromatic carbocycles. The maximum absolute atomic E-state index is 13.1. The Balaban J connectivity index is 2.42. The topological polar surface area (TPSA) is 38.3 Å². The fourth-order valence-corrected chi connectivity index (χ4v) is 1.21. The zero-order chi connectivity index (χ0) is 12.0. The lowest BCUT2D eigenvalue weighted by atomic mass is 10.1. The van der Waals surface area contributed by atoms with E-state index in [4.69, 9.17) is 4.74 Å². The van der Waals surface area contributed by atoms with Crippen LogP contribution in [0.25, 0.3) is 0 Å². The predicted molar refractivity (Wildman–Crippen MR) is 54.9 cm³/mol. The normalized spacial score (nSPS) is 10.2. The molecule has 1 N–H and O–H groups in total. The van der Waals surface area contributed by atoms with E-state index in [2.05, 4.69) is 5.32 Å². The van der Waals surface area contributed by atoms with Gasteiger partial charge < -0.3 is 10.1 Å². The molecule has 0 amide bonds. The van der Waals surface area contributed by atoms with Crippen LogP contribution in [-0.2, 0) is 16.0 Å². The lowest BCUT2D eigenvalue weighted by Crippen LogP contribution is -2.21. The third kappa shape index (κ3) is 3.94. The van der Waals surface area contributed by atoms with Crippen molar-refractivity contribution in [3.8, 4) is 0 Å². The summed E-state index contributed by atoms with van der Waals surface area (Å²) in [6.45, 7) is 0.145. The predicted octanol–water partition coefficient (Wildman–Crippen LogP) is 1.27. The lowest BCUT2D eigenvalue weighted by molar-refractivity contribution is -0.142.